The fourth-order valence-corrected chi connectivity index (χ4v) is 4.93. The third-order valence-electron chi connectivity index (χ3n) is 5.06. The van der Waals surface area contributed by atoms with Crippen LogP contribution in [0, 0.1) is 6.92 Å². The average Bonchev–Trinajstić information content (AvgIpc) is 3.35. The van der Waals surface area contributed by atoms with Crippen molar-refractivity contribution < 1.29 is 14.3 Å². The summed E-state index contributed by atoms with van der Waals surface area (Å²) < 4.78 is 6.72. The molecule has 1 fully saturated rings. The van der Waals surface area contributed by atoms with Gasteiger partial charge in [0.15, 0.2) is 10.9 Å². The first-order chi connectivity index (χ1) is 13.9. The Morgan fingerprint density at radius 3 is 2.62 bits per heavy atom. The lowest BCUT2D eigenvalue weighted by Gasteiger charge is -2.23. The van der Waals surface area contributed by atoms with Crippen LogP contribution in [0.5, 0.6) is 0 Å². The molecule has 1 aliphatic heterocycles. The van der Waals surface area contributed by atoms with Crippen molar-refractivity contribution in [3.63, 3.8) is 0 Å². The Kier molecular flexibility index (Phi) is 5.67. The lowest BCUT2D eigenvalue weighted by atomic mass is 10.1. The maximum atomic E-state index is 13.4. The number of benzene rings is 2. The average molecular weight is 429 g/mol. The number of carbonyl (C=O) groups is 2. The van der Waals surface area contributed by atoms with Crippen LogP contribution < -0.4 is 4.90 Å². The van der Waals surface area contributed by atoms with Crippen LogP contribution in [0.15, 0.2) is 36.4 Å². The zero-order chi connectivity index (χ0) is 20.5. The van der Waals surface area contributed by atoms with Crippen LogP contribution in [0.2, 0.25) is 5.02 Å². The third-order valence-corrected chi connectivity index (χ3v) is 6.31. The number of aromatic nitrogens is 1. The summed E-state index contributed by atoms with van der Waals surface area (Å²) in [5.41, 5.74) is 2.93. The molecule has 2 heterocycles. The number of amides is 1. The van der Waals surface area contributed by atoms with Crippen molar-refractivity contribution in [3.05, 3.63) is 58.1 Å². The van der Waals surface area contributed by atoms with Crippen LogP contribution in [-0.2, 0) is 4.74 Å². The first kappa shape index (κ1) is 20.0. The van der Waals surface area contributed by atoms with E-state index in [1.54, 1.807) is 29.2 Å². The van der Waals surface area contributed by atoms with Gasteiger partial charge in [-0.1, -0.05) is 35.1 Å². The lowest BCUT2D eigenvalue weighted by molar-refractivity contribution is 0.0916. The fourth-order valence-electron chi connectivity index (χ4n) is 3.50. The Bertz CT molecular complexity index is 1070. The van der Waals surface area contributed by atoms with E-state index in [-0.39, 0.29) is 17.8 Å². The highest BCUT2D eigenvalue weighted by Crippen LogP contribution is 2.34. The number of hydrogen-bond donors (Lipinski definition) is 0. The minimum atomic E-state index is -0.154. The van der Waals surface area contributed by atoms with Crippen LogP contribution in [0.4, 0.5) is 5.13 Å². The topological polar surface area (TPSA) is 59.5 Å². The van der Waals surface area contributed by atoms with Crippen LogP contribution in [0.1, 0.15) is 46.0 Å². The van der Waals surface area contributed by atoms with E-state index >= 15 is 0 Å². The van der Waals surface area contributed by atoms with Gasteiger partial charge in [0.1, 0.15) is 0 Å². The van der Waals surface area contributed by atoms with E-state index < -0.39 is 0 Å². The zero-order valence-electron chi connectivity index (χ0n) is 16.3. The Labute approximate surface area is 178 Å². The van der Waals surface area contributed by atoms with Gasteiger partial charge in [0, 0.05) is 22.8 Å². The van der Waals surface area contributed by atoms with Gasteiger partial charge in [0.25, 0.3) is 5.91 Å². The Hall–Kier alpha value is -2.28. The summed E-state index contributed by atoms with van der Waals surface area (Å²) in [5.74, 6) is -0.183. The molecule has 1 aliphatic rings. The summed E-state index contributed by atoms with van der Waals surface area (Å²) in [6, 6.07) is 10.5. The standard InChI is InChI=1S/C22H21ClN2O3S/c1-13-10-17(23)11-19-20(13)24-22(29-19)25(12-18-4-3-9-28-18)21(27)16-7-5-15(6-8-16)14(2)26/h5-8,10-11,18H,3-4,9,12H2,1-2H3. The Morgan fingerprint density at radius 1 is 1.24 bits per heavy atom. The van der Waals surface area contributed by atoms with Gasteiger partial charge in [0.05, 0.1) is 22.9 Å². The smallest absolute Gasteiger partial charge is 0.260 e. The fraction of sp³-hybridized carbons (Fsp3) is 0.318. The summed E-state index contributed by atoms with van der Waals surface area (Å²) in [6.45, 7) is 4.63. The van der Waals surface area contributed by atoms with Crippen LogP contribution in [-0.4, -0.2) is 35.9 Å². The largest absolute Gasteiger partial charge is 0.376 e. The second kappa shape index (κ2) is 8.22. The van der Waals surface area contributed by atoms with Crippen LogP contribution >= 0.6 is 22.9 Å². The second-order valence-corrected chi connectivity index (χ2v) is 8.70. The molecule has 1 unspecified atom stereocenters. The molecule has 1 amide bonds. The molecule has 0 spiro atoms. The number of ketones is 1. The van der Waals surface area contributed by atoms with E-state index in [0.29, 0.717) is 34.4 Å². The lowest BCUT2D eigenvalue weighted by Crippen LogP contribution is -2.37. The van der Waals surface area contributed by atoms with Crippen LogP contribution in [0.25, 0.3) is 10.2 Å². The number of carbonyl (C=O) groups excluding carboxylic acids is 2. The van der Waals surface area contributed by atoms with E-state index in [0.717, 1.165) is 28.6 Å². The minimum Gasteiger partial charge on any atom is -0.376 e. The van der Waals surface area contributed by atoms with Gasteiger partial charge in [-0.3, -0.25) is 14.5 Å². The maximum absolute atomic E-state index is 13.4. The molecule has 0 N–H and O–H groups in total. The predicted octanol–water partition coefficient (Wildman–Crippen LogP) is 5.29. The number of anilines is 1. The van der Waals surface area contributed by atoms with Gasteiger partial charge in [-0.25, -0.2) is 4.98 Å². The SMILES string of the molecule is CC(=O)c1ccc(C(=O)N(CC2CCCO2)c2nc3c(C)cc(Cl)cc3s2)cc1. The van der Waals surface area contributed by atoms with Gasteiger partial charge in [0.2, 0.25) is 0 Å². The molecular weight excluding hydrogens is 408 g/mol. The number of nitrogens with zero attached hydrogens (tertiary/aromatic N) is 2. The molecule has 0 saturated carbocycles. The summed E-state index contributed by atoms with van der Waals surface area (Å²) in [7, 11) is 0. The van der Waals surface area contributed by atoms with Crippen molar-refractivity contribution >= 4 is 50.0 Å². The second-order valence-electron chi connectivity index (χ2n) is 7.25. The molecule has 4 rings (SSSR count). The van der Waals surface area contributed by atoms with E-state index in [9.17, 15) is 9.59 Å². The number of thiazole rings is 1. The molecular formula is C22H21ClN2O3S. The van der Waals surface area contributed by atoms with Gasteiger partial charge in [-0.05, 0) is 56.5 Å². The Balaban J connectivity index is 1.72. The van der Waals surface area contributed by atoms with E-state index in [4.69, 9.17) is 21.3 Å². The van der Waals surface area contributed by atoms with E-state index in [2.05, 4.69) is 0 Å². The number of fused-ring (bicyclic) bond motifs is 1. The first-order valence-corrected chi connectivity index (χ1v) is 10.7. The van der Waals surface area contributed by atoms with Crippen molar-refractivity contribution in [2.75, 3.05) is 18.1 Å². The van der Waals surface area contributed by atoms with Crippen molar-refractivity contribution in [1.29, 1.82) is 0 Å². The van der Waals surface area contributed by atoms with Crippen molar-refractivity contribution in [3.8, 4) is 0 Å². The summed E-state index contributed by atoms with van der Waals surface area (Å²) >= 11 is 7.65. The normalized spacial score (nSPS) is 16.3. The summed E-state index contributed by atoms with van der Waals surface area (Å²) in [6.07, 6.45) is 1.91. The van der Waals surface area contributed by atoms with E-state index in [1.807, 2.05) is 19.1 Å². The van der Waals surface area contributed by atoms with E-state index in [1.165, 1.54) is 18.3 Å². The molecule has 2 aromatic carbocycles. The summed E-state index contributed by atoms with van der Waals surface area (Å²) in [4.78, 5) is 31.3. The van der Waals surface area contributed by atoms with Gasteiger partial charge < -0.3 is 4.74 Å². The molecule has 1 atom stereocenters. The molecule has 5 nitrogen and oxygen atoms in total. The zero-order valence-corrected chi connectivity index (χ0v) is 17.8. The highest BCUT2D eigenvalue weighted by atomic mass is 35.5. The molecule has 3 aromatic rings. The van der Waals surface area contributed by atoms with Gasteiger partial charge >= 0.3 is 0 Å². The third kappa shape index (κ3) is 4.20. The number of hydrogen-bond acceptors (Lipinski definition) is 5. The molecule has 0 bridgehead atoms. The molecule has 0 radical (unpaired) electrons. The number of Topliss-reactive ketones (excluding diaryl/α,β-unsaturated/α-hetero) is 1. The van der Waals surface area contributed by atoms with Crippen molar-refractivity contribution in [2.45, 2.75) is 32.8 Å². The molecule has 150 valence electrons. The highest BCUT2D eigenvalue weighted by Gasteiger charge is 2.27. The minimum absolute atomic E-state index is 0.00728. The number of aryl methyl sites for hydroxylation is 1. The highest BCUT2D eigenvalue weighted by molar-refractivity contribution is 7.22. The van der Waals surface area contributed by atoms with Gasteiger partial charge in [-0.15, -0.1) is 0 Å². The monoisotopic (exact) mass is 428 g/mol. The number of rotatable bonds is 5. The molecule has 0 aliphatic carbocycles. The van der Waals surface area contributed by atoms with Gasteiger partial charge in [-0.2, -0.15) is 0 Å². The molecule has 1 saturated heterocycles. The maximum Gasteiger partial charge on any atom is 0.260 e. The number of ether oxygens (including phenoxy) is 1. The molecule has 7 heteroatoms. The van der Waals surface area contributed by atoms with Crippen LogP contribution in [0.3, 0.4) is 0 Å². The molecule has 29 heavy (non-hydrogen) atoms. The predicted molar refractivity (Wildman–Crippen MR) is 116 cm³/mol. The molecule has 1 aromatic heterocycles. The first-order valence-electron chi connectivity index (χ1n) is 9.53. The Morgan fingerprint density at radius 2 is 1.97 bits per heavy atom. The van der Waals surface area contributed by atoms with Crippen molar-refractivity contribution in [2.24, 2.45) is 0 Å². The summed E-state index contributed by atoms with van der Waals surface area (Å²) in [5, 5.41) is 1.28. The van der Waals surface area contributed by atoms with Crippen molar-refractivity contribution in [1.82, 2.24) is 4.98 Å². The quantitative estimate of drug-likeness (QED) is 0.518. The number of halogens is 1.